The summed E-state index contributed by atoms with van der Waals surface area (Å²) < 4.78 is 0. The summed E-state index contributed by atoms with van der Waals surface area (Å²) in [5.74, 6) is -3.08. The number of carbonyl (C=O) groups excluding carboxylic acids is 2. The minimum Gasteiger partial charge on any atom is -0.550 e. The molecular formula is C11H18Na2O4. The van der Waals surface area contributed by atoms with E-state index in [1.807, 2.05) is 6.92 Å². The summed E-state index contributed by atoms with van der Waals surface area (Å²) >= 11 is 0. The molecule has 0 rings (SSSR count). The number of hydrogen-bond donors (Lipinski definition) is 0. The van der Waals surface area contributed by atoms with Crippen molar-refractivity contribution in [3.63, 3.8) is 0 Å². The van der Waals surface area contributed by atoms with Gasteiger partial charge < -0.3 is 19.8 Å². The van der Waals surface area contributed by atoms with Crippen molar-refractivity contribution in [2.45, 2.75) is 40.0 Å². The van der Waals surface area contributed by atoms with Crippen LogP contribution in [0.4, 0.5) is 0 Å². The van der Waals surface area contributed by atoms with Gasteiger partial charge in [-0.25, -0.2) is 0 Å². The molecule has 0 aromatic heterocycles. The molecule has 0 saturated carbocycles. The fourth-order valence-electron chi connectivity index (χ4n) is 1.71. The zero-order chi connectivity index (χ0) is 12.0. The van der Waals surface area contributed by atoms with Crippen LogP contribution < -0.4 is 69.3 Å². The molecule has 0 heterocycles. The quantitative estimate of drug-likeness (QED) is 0.426. The number of carbonyl (C=O) groups is 2. The molecule has 0 aromatic rings. The van der Waals surface area contributed by atoms with Crippen molar-refractivity contribution in [2.24, 2.45) is 17.8 Å². The third-order valence-corrected chi connectivity index (χ3v) is 2.67. The van der Waals surface area contributed by atoms with E-state index in [-0.39, 0.29) is 65.0 Å². The fourth-order valence-corrected chi connectivity index (χ4v) is 1.71. The average molecular weight is 260 g/mol. The molecule has 3 atom stereocenters. The van der Waals surface area contributed by atoms with Crippen molar-refractivity contribution in [2.75, 3.05) is 0 Å². The molecule has 0 radical (unpaired) electrons. The van der Waals surface area contributed by atoms with Crippen LogP contribution in [0.2, 0.25) is 0 Å². The predicted molar refractivity (Wildman–Crippen MR) is 51.4 cm³/mol. The van der Waals surface area contributed by atoms with Gasteiger partial charge in [0.1, 0.15) is 0 Å². The normalized spacial score (nSPS) is 14.8. The summed E-state index contributed by atoms with van der Waals surface area (Å²) in [6, 6.07) is 0. The largest absolute Gasteiger partial charge is 1.00 e. The van der Waals surface area contributed by atoms with E-state index >= 15 is 0 Å². The van der Waals surface area contributed by atoms with Gasteiger partial charge in [0.25, 0.3) is 0 Å². The van der Waals surface area contributed by atoms with Crippen LogP contribution in [0.15, 0.2) is 0 Å². The third kappa shape index (κ3) is 10.5. The number of hydrogen-bond acceptors (Lipinski definition) is 4. The Balaban J connectivity index is -0.000000980. The second-order valence-corrected chi connectivity index (χ2v) is 4.22. The molecule has 3 unspecified atom stereocenters. The first-order valence-corrected chi connectivity index (χ1v) is 5.30. The average Bonchev–Trinajstić information content (AvgIpc) is 2.13. The maximum absolute atomic E-state index is 10.6. The molecule has 0 aliphatic carbocycles. The number of carboxylic acid groups (broad SMARTS) is 2. The van der Waals surface area contributed by atoms with Crippen molar-refractivity contribution < 1.29 is 78.9 Å². The molecule has 0 bridgehead atoms. The van der Waals surface area contributed by atoms with E-state index in [1.54, 1.807) is 13.8 Å². The molecule has 0 aliphatic heterocycles. The van der Waals surface area contributed by atoms with Gasteiger partial charge in [-0.3, -0.25) is 0 Å². The Morgan fingerprint density at radius 3 is 1.76 bits per heavy atom. The minimum atomic E-state index is -1.08. The van der Waals surface area contributed by atoms with Gasteiger partial charge in [-0.15, -0.1) is 0 Å². The third-order valence-electron chi connectivity index (χ3n) is 2.67. The van der Waals surface area contributed by atoms with Crippen molar-refractivity contribution in [1.82, 2.24) is 0 Å². The van der Waals surface area contributed by atoms with E-state index in [2.05, 4.69) is 0 Å². The minimum absolute atomic E-state index is 0. The molecule has 0 aromatic carbocycles. The Hall–Kier alpha value is 0.940. The summed E-state index contributed by atoms with van der Waals surface area (Å²) in [7, 11) is 0. The number of rotatable bonds is 7. The van der Waals surface area contributed by atoms with Gasteiger partial charge in [-0.2, -0.15) is 0 Å². The second-order valence-electron chi connectivity index (χ2n) is 4.22. The number of aliphatic carboxylic acids is 2. The van der Waals surface area contributed by atoms with Gasteiger partial charge in [-0.05, 0) is 37.0 Å². The first kappa shape index (κ1) is 23.1. The SMILES string of the molecule is CCC(CC(C)CC(C)C(=O)[O-])C(=O)[O-].[Na+].[Na+]. The molecule has 0 saturated heterocycles. The number of carboxylic acids is 2. The Kier molecular flexibility index (Phi) is 16.3. The Morgan fingerprint density at radius 1 is 1.00 bits per heavy atom. The van der Waals surface area contributed by atoms with Crippen LogP contribution in [-0.4, -0.2) is 11.9 Å². The van der Waals surface area contributed by atoms with E-state index < -0.39 is 23.8 Å². The summed E-state index contributed by atoms with van der Waals surface area (Å²) in [6.07, 6.45) is 1.44. The molecule has 0 fully saturated rings. The van der Waals surface area contributed by atoms with E-state index in [9.17, 15) is 19.8 Å². The summed E-state index contributed by atoms with van der Waals surface area (Å²) in [5.41, 5.74) is 0. The molecule has 0 aliphatic rings. The van der Waals surface area contributed by atoms with Crippen LogP contribution >= 0.6 is 0 Å². The van der Waals surface area contributed by atoms with Gasteiger partial charge >= 0.3 is 59.1 Å². The van der Waals surface area contributed by atoms with E-state index in [0.29, 0.717) is 19.3 Å². The Morgan fingerprint density at radius 2 is 1.47 bits per heavy atom. The monoisotopic (exact) mass is 260 g/mol. The van der Waals surface area contributed by atoms with Crippen LogP contribution in [0.25, 0.3) is 0 Å². The summed E-state index contributed by atoms with van der Waals surface area (Å²) in [4.78, 5) is 21.1. The van der Waals surface area contributed by atoms with Crippen molar-refractivity contribution in [3.05, 3.63) is 0 Å². The first-order chi connectivity index (χ1) is 6.88. The summed E-state index contributed by atoms with van der Waals surface area (Å²) in [6.45, 7) is 5.21. The Labute approximate surface area is 147 Å². The predicted octanol–water partition coefficient (Wildman–Crippen LogP) is -6.43. The molecule has 6 heteroatoms. The molecule has 88 valence electrons. The maximum Gasteiger partial charge on any atom is 1.00 e. The smallest absolute Gasteiger partial charge is 0.550 e. The standard InChI is InChI=1S/C11H20O4.2Na/c1-4-9(11(14)15)6-7(2)5-8(3)10(12)13;;/h7-9H,4-6H2,1-3H3,(H,12,13)(H,14,15);;/q;2*+1/p-2. The van der Waals surface area contributed by atoms with Gasteiger partial charge in [0.05, 0.1) is 0 Å². The molecule has 0 amide bonds. The van der Waals surface area contributed by atoms with E-state index in [1.165, 1.54) is 0 Å². The first-order valence-electron chi connectivity index (χ1n) is 5.30. The molecular weight excluding hydrogens is 242 g/mol. The second kappa shape index (κ2) is 12.0. The van der Waals surface area contributed by atoms with E-state index in [4.69, 9.17) is 0 Å². The van der Waals surface area contributed by atoms with Gasteiger partial charge in [-0.1, -0.05) is 20.8 Å². The van der Waals surface area contributed by atoms with Gasteiger partial charge in [0, 0.05) is 11.9 Å². The van der Waals surface area contributed by atoms with Gasteiger partial charge in [0.15, 0.2) is 0 Å². The van der Waals surface area contributed by atoms with Crippen molar-refractivity contribution in [3.8, 4) is 0 Å². The molecule has 17 heavy (non-hydrogen) atoms. The zero-order valence-electron chi connectivity index (χ0n) is 11.5. The van der Waals surface area contributed by atoms with Crippen LogP contribution in [0.5, 0.6) is 0 Å². The molecule has 0 spiro atoms. The molecule has 4 nitrogen and oxygen atoms in total. The summed E-state index contributed by atoms with van der Waals surface area (Å²) in [5, 5.41) is 21.1. The zero-order valence-corrected chi connectivity index (χ0v) is 15.5. The van der Waals surface area contributed by atoms with Crippen molar-refractivity contribution in [1.29, 1.82) is 0 Å². The Bertz CT molecular complexity index is 234. The van der Waals surface area contributed by atoms with Crippen LogP contribution in [0.3, 0.4) is 0 Å². The topological polar surface area (TPSA) is 80.3 Å². The molecule has 0 N–H and O–H groups in total. The van der Waals surface area contributed by atoms with E-state index in [0.717, 1.165) is 0 Å². The van der Waals surface area contributed by atoms with Crippen LogP contribution in [-0.2, 0) is 9.59 Å². The van der Waals surface area contributed by atoms with Crippen LogP contribution in [0, 0.1) is 17.8 Å². The van der Waals surface area contributed by atoms with Crippen LogP contribution in [0.1, 0.15) is 40.0 Å². The fraction of sp³-hybridized carbons (Fsp3) is 0.818. The maximum atomic E-state index is 10.6. The van der Waals surface area contributed by atoms with Crippen molar-refractivity contribution >= 4 is 11.9 Å². The van der Waals surface area contributed by atoms with Gasteiger partial charge in [0.2, 0.25) is 0 Å².